The summed E-state index contributed by atoms with van der Waals surface area (Å²) >= 11 is 3.77. The third-order valence-electron chi connectivity index (χ3n) is 2.74. The predicted molar refractivity (Wildman–Crippen MR) is 76.7 cm³/mol. The summed E-state index contributed by atoms with van der Waals surface area (Å²) < 4.78 is 1.26. The van der Waals surface area contributed by atoms with E-state index in [4.69, 9.17) is 0 Å². The number of aliphatic imine (C=N–C) groups is 1. The Morgan fingerprint density at radius 1 is 1.25 bits per heavy atom. The molecule has 1 aliphatic rings. The van der Waals surface area contributed by atoms with E-state index in [1.807, 2.05) is 23.5 Å². The normalized spacial score (nSPS) is 15.3. The van der Waals surface area contributed by atoms with Gasteiger partial charge in [-0.1, -0.05) is 41.2 Å². The van der Waals surface area contributed by atoms with Gasteiger partial charge in [-0.2, -0.15) is 0 Å². The Balaban J connectivity index is 2.09. The number of benzene rings is 1. The van der Waals surface area contributed by atoms with Gasteiger partial charge in [-0.15, -0.1) is 0 Å². The highest BCUT2D eigenvalue weighted by molar-refractivity contribution is 8.38. The van der Waals surface area contributed by atoms with E-state index in [1.165, 1.54) is 26.6 Å². The maximum Gasteiger partial charge on any atom is 0.124 e. The molecule has 0 aromatic heterocycles. The molecule has 86 valence electrons. The molecule has 0 fully saturated rings. The van der Waals surface area contributed by atoms with E-state index in [0.717, 1.165) is 18.1 Å². The molecule has 0 saturated heterocycles. The summed E-state index contributed by atoms with van der Waals surface area (Å²) in [7, 11) is 0. The first-order valence-electron chi connectivity index (χ1n) is 5.53. The summed E-state index contributed by atoms with van der Waals surface area (Å²) in [5.41, 5.74) is 5.66. The summed E-state index contributed by atoms with van der Waals surface area (Å²) in [6, 6.07) is 4.54. The molecule has 1 heterocycles. The van der Waals surface area contributed by atoms with Crippen LogP contribution in [0.4, 0.5) is 0 Å². The average molecular weight is 251 g/mol. The fourth-order valence-corrected chi connectivity index (χ4v) is 4.18. The maximum absolute atomic E-state index is 4.47. The van der Waals surface area contributed by atoms with Crippen LogP contribution < -0.4 is 0 Å². The van der Waals surface area contributed by atoms with Crippen molar-refractivity contribution < 1.29 is 0 Å². The first-order chi connectivity index (χ1) is 7.66. The van der Waals surface area contributed by atoms with Gasteiger partial charge in [0.25, 0.3) is 0 Å². The van der Waals surface area contributed by atoms with Gasteiger partial charge in [0, 0.05) is 11.5 Å². The largest absolute Gasteiger partial charge is 0.271 e. The van der Waals surface area contributed by atoms with Crippen LogP contribution in [0, 0.1) is 20.8 Å². The van der Waals surface area contributed by atoms with Crippen molar-refractivity contribution in [3.8, 4) is 0 Å². The lowest BCUT2D eigenvalue weighted by atomic mass is 10.0. The number of hydrogen-bond acceptors (Lipinski definition) is 3. The molecule has 0 spiro atoms. The summed E-state index contributed by atoms with van der Waals surface area (Å²) in [6.45, 7) is 7.58. The van der Waals surface area contributed by atoms with E-state index in [0.29, 0.717) is 0 Å². The summed E-state index contributed by atoms with van der Waals surface area (Å²) in [4.78, 5) is 4.47. The lowest BCUT2D eigenvalue weighted by molar-refractivity contribution is 1.18. The van der Waals surface area contributed by atoms with Gasteiger partial charge in [-0.05, 0) is 37.5 Å². The molecule has 0 amide bonds. The summed E-state index contributed by atoms with van der Waals surface area (Å²) in [6.07, 6.45) is 0. The van der Waals surface area contributed by atoms with Crippen molar-refractivity contribution in [1.82, 2.24) is 0 Å². The molecule has 1 aromatic carbocycles. The smallest absolute Gasteiger partial charge is 0.124 e. The van der Waals surface area contributed by atoms with Gasteiger partial charge in [-0.3, -0.25) is 4.99 Å². The molecule has 3 heteroatoms. The maximum atomic E-state index is 4.47. The minimum absolute atomic E-state index is 0.999. The van der Waals surface area contributed by atoms with E-state index >= 15 is 0 Å². The Hall–Kier alpha value is -0.410. The van der Waals surface area contributed by atoms with E-state index in [1.54, 1.807) is 0 Å². The van der Waals surface area contributed by atoms with E-state index in [-0.39, 0.29) is 0 Å². The first-order valence-corrected chi connectivity index (χ1v) is 7.50. The Labute approximate surface area is 106 Å². The van der Waals surface area contributed by atoms with Gasteiger partial charge >= 0.3 is 0 Å². The van der Waals surface area contributed by atoms with Gasteiger partial charge in [0.2, 0.25) is 0 Å². The lowest BCUT2D eigenvalue weighted by Gasteiger charge is -2.10. The average Bonchev–Trinajstić information content (AvgIpc) is 2.68. The molecule has 2 rings (SSSR count). The van der Waals surface area contributed by atoms with Crippen LogP contribution in [0.3, 0.4) is 0 Å². The standard InChI is InChI=1S/C13H17NS2/c1-9-6-10(2)12(11(3)7-9)8-16-13-14-4-5-15-13/h6-7H,4-5,8H2,1-3H3. The van der Waals surface area contributed by atoms with Gasteiger partial charge < -0.3 is 0 Å². The summed E-state index contributed by atoms with van der Waals surface area (Å²) in [5.74, 6) is 2.22. The van der Waals surface area contributed by atoms with Crippen LogP contribution in [-0.4, -0.2) is 16.7 Å². The topological polar surface area (TPSA) is 12.4 Å². The highest BCUT2D eigenvalue weighted by atomic mass is 32.2. The lowest BCUT2D eigenvalue weighted by Crippen LogP contribution is -1.94. The fourth-order valence-electron chi connectivity index (χ4n) is 1.97. The molecule has 0 saturated carbocycles. The zero-order chi connectivity index (χ0) is 11.5. The third kappa shape index (κ3) is 2.83. The van der Waals surface area contributed by atoms with Crippen LogP contribution >= 0.6 is 23.5 Å². The number of hydrogen-bond donors (Lipinski definition) is 0. The van der Waals surface area contributed by atoms with Crippen LogP contribution in [0.25, 0.3) is 0 Å². The molecular formula is C13H17NS2. The van der Waals surface area contributed by atoms with E-state index in [2.05, 4.69) is 37.9 Å². The van der Waals surface area contributed by atoms with Crippen molar-refractivity contribution in [1.29, 1.82) is 0 Å². The number of thioether (sulfide) groups is 2. The third-order valence-corrected chi connectivity index (χ3v) is 5.02. The number of aryl methyl sites for hydroxylation is 3. The fraction of sp³-hybridized carbons (Fsp3) is 0.462. The van der Waals surface area contributed by atoms with Gasteiger partial charge in [0.1, 0.15) is 4.38 Å². The second-order valence-electron chi connectivity index (χ2n) is 4.16. The van der Waals surface area contributed by atoms with Crippen molar-refractivity contribution in [2.45, 2.75) is 26.5 Å². The molecule has 0 bridgehead atoms. The second-order valence-corrected chi connectivity index (χ2v) is 6.47. The molecule has 1 aromatic rings. The van der Waals surface area contributed by atoms with Crippen molar-refractivity contribution in [2.24, 2.45) is 4.99 Å². The molecule has 0 radical (unpaired) electrons. The molecule has 0 aliphatic carbocycles. The quantitative estimate of drug-likeness (QED) is 0.789. The molecule has 0 atom stereocenters. The predicted octanol–water partition coefficient (Wildman–Crippen LogP) is 3.95. The second kappa shape index (κ2) is 5.28. The van der Waals surface area contributed by atoms with Crippen molar-refractivity contribution in [3.05, 3.63) is 34.4 Å². The molecule has 0 N–H and O–H groups in total. The minimum Gasteiger partial charge on any atom is -0.271 e. The Kier molecular flexibility index (Phi) is 3.98. The SMILES string of the molecule is Cc1cc(C)c(CSC2=NCCS2)c(C)c1. The van der Waals surface area contributed by atoms with Gasteiger partial charge in [0.15, 0.2) is 0 Å². The van der Waals surface area contributed by atoms with E-state index < -0.39 is 0 Å². The molecule has 1 aliphatic heterocycles. The Bertz CT molecular complexity index is 401. The Morgan fingerprint density at radius 2 is 1.94 bits per heavy atom. The molecule has 1 nitrogen and oxygen atoms in total. The van der Waals surface area contributed by atoms with Crippen molar-refractivity contribution in [2.75, 3.05) is 12.3 Å². The molecular weight excluding hydrogens is 234 g/mol. The Morgan fingerprint density at radius 3 is 2.50 bits per heavy atom. The van der Waals surface area contributed by atoms with Gasteiger partial charge in [-0.25, -0.2) is 0 Å². The molecule has 0 unspecified atom stereocenters. The minimum atomic E-state index is 0.999. The van der Waals surface area contributed by atoms with Crippen LogP contribution in [0.1, 0.15) is 22.3 Å². The van der Waals surface area contributed by atoms with Crippen LogP contribution in [0.5, 0.6) is 0 Å². The highest BCUT2D eigenvalue weighted by Gasteiger charge is 2.10. The number of rotatable bonds is 2. The van der Waals surface area contributed by atoms with Crippen LogP contribution in [0.15, 0.2) is 17.1 Å². The first kappa shape index (κ1) is 12.1. The molecule has 16 heavy (non-hydrogen) atoms. The zero-order valence-corrected chi connectivity index (χ0v) is 11.7. The monoisotopic (exact) mass is 251 g/mol. The number of nitrogens with zero attached hydrogens (tertiary/aromatic N) is 1. The van der Waals surface area contributed by atoms with Crippen molar-refractivity contribution in [3.63, 3.8) is 0 Å². The highest BCUT2D eigenvalue weighted by Crippen LogP contribution is 2.28. The van der Waals surface area contributed by atoms with Crippen LogP contribution in [0.2, 0.25) is 0 Å². The van der Waals surface area contributed by atoms with Gasteiger partial charge in [0.05, 0.1) is 6.54 Å². The zero-order valence-electron chi connectivity index (χ0n) is 10.0. The van der Waals surface area contributed by atoms with E-state index in [9.17, 15) is 0 Å². The van der Waals surface area contributed by atoms with Crippen molar-refractivity contribution >= 4 is 27.9 Å². The summed E-state index contributed by atoms with van der Waals surface area (Å²) in [5, 5.41) is 0. The van der Waals surface area contributed by atoms with Crippen LogP contribution in [-0.2, 0) is 5.75 Å².